The van der Waals surface area contributed by atoms with Gasteiger partial charge in [0.1, 0.15) is 17.8 Å². The van der Waals surface area contributed by atoms with Gasteiger partial charge < -0.3 is 33.2 Å². The number of aromatic nitrogens is 8. The Labute approximate surface area is 351 Å². The summed E-state index contributed by atoms with van der Waals surface area (Å²) >= 11 is 0. The first kappa shape index (κ1) is 42.4. The highest BCUT2D eigenvalue weighted by Gasteiger charge is 2.30. The Morgan fingerprint density at radius 2 is 1.23 bits per heavy atom. The van der Waals surface area contributed by atoms with Crippen molar-refractivity contribution in [1.29, 1.82) is 0 Å². The Morgan fingerprint density at radius 1 is 0.717 bits per heavy atom. The third kappa shape index (κ3) is 9.04. The van der Waals surface area contributed by atoms with Crippen LogP contribution in [0.15, 0.2) is 61.7 Å². The Hall–Kier alpha value is -5.74. The minimum Gasteiger partial charge on any atom is -0.361 e. The third-order valence-corrected chi connectivity index (χ3v) is 12.4. The summed E-state index contributed by atoms with van der Waals surface area (Å²) in [6, 6.07) is 4.65. The molecule has 0 radical (unpaired) electrons. The number of hydrogen-bond acceptors (Lipinski definition) is 9. The SMILES string of the molecule is CC(C)(C)C(=O)c1c[nH]c2ncc(-n3ccc(C(=O)N4CCC4)c3)nc12.CC(C)(C)C(=O)c1cn(COCC[Si](C)(C)C)c2ncc(-n3ccc(C(=O)N4CCC4)c3)nc12. The summed E-state index contributed by atoms with van der Waals surface area (Å²) in [7, 11) is -1.19. The highest BCUT2D eigenvalue weighted by molar-refractivity contribution is 6.76. The van der Waals surface area contributed by atoms with E-state index in [0.29, 0.717) is 69.6 Å². The predicted molar refractivity (Wildman–Crippen MR) is 233 cm³/mol. The van der Waals surface area contributed by atoms with Gasteiger partial charge in [-0.15, -0.1) is 0 Å². The van der Waals surface area contributed by atoms with E-state index in [1.54, 1.807) is 58.4 Å². The van der Waals surface area contributed by atoms with Crippen LogP contribution in [0.25, 0.3) is 34.0 Å². The van der Waals surface area contributed by atoms with Crippen molar-refractivity contribution < 1.29 is 23.9 Å². The van der Waals surface area contributed by atoms with Gasteiger partial charge in [-0.2, -0.15) is 0 Å². The summed E-state index contributed by atoms with van der Waals surface area (Å²) in [5, 5.41) is 0. The number of nitrogens with zero attached hydrogens (tertiary/aromatic N) is 9. The van der Waals surface area contributed by atoms with E-state index in [1.807, 2.05) is 68.3 Å². The first-order valence-corrected chi connectivity index (χ1v) is 24.3. The van der Waals surface area contributed by atoms with Crippen LogP contribution in [0.4, 0.5) is 0 Å². The van der Waals surface area contributed by atoms with Crippen LogP contribution in [0, 0.1) is 10.8 Å². The van der Waals surface area contributed by atoms with Crippen LogP contribution in [-0.4, -0.2) is 113 Å². The number of nitrogens with one attached hydrogen (secondary N) is 1. The maximum atomic E-state index is 13.2. The molecule has 1 N–H and O–H groups in total. The fourth-order valence-corrected chi connectivity index (χ4v) is 7.45. The maximum Gasteiger partial charge on any atom is 0.255 e. The normalized spacial score (nSPS) is 14.5. The van der Waals surface area contributed by atoms with Crippen LogP contribution in [0.3, 0.4) is 0 Å². The van der Waals surface area contributed by atoms with Crippen molar-refractivity contribution in [2.45, 2.75) is 86.8 Å². The fraction of sp³-hybridized carbons (Fsp3) is 0.455. The monoisotopic (exact) mass is 832 g/mol. The van der Waals surface area contributed by atoms with Gasteiger partial charge in [-0.1, -0.05) is 61.2 Å². The number of ether oxygens (including phenoxy) is 1. The third-order valence-electron chi connectivity index (χ3n) is 10.7. The molecule has 8 heterocycles. The van der Waals surface area contributed by atoms with Gasteiger partial charge in [0, 0.05) is 88.9 Å². The molecule has 0 aliphatic carbocycles. The van der Waals surface area contributed by atoms with Gasteiger partial charge in [0.05, 0.1) is 34.6 Å². The minimum atomic E-state index is -1.19. The van der Waals surface area contributed by atoms with Crippen molar-refractivity contribution in [3.63, 3.8) is 0 Å². The molecule has 15 nitrogen and oxygen atoms in total. The average molecular weight is 833 g/mol. The first-order chi connectivity index (χ1) is 28.3. The summed E-state index contributed by atoms with van der Waals surface area (Å²) in [6.45, 7) is 22.6. The Morgan fingerprint density at radius 3 is 1.73 bits per heavy atom. The molecule has 60 heavy (non-hydrogen) atoms. The minimum absolute atomic E-state index is 0.00551. The van der Waals surface area contributed by atoms with Crippen molar-refractivity contribution in [2.24, 2.45) is 10.8 Å². The number of hydrogen-bond donors (Lipinski definition) is 1. The number of Topliss-reactive ketones (excluding diaryl/α,β-unsaturated/α-hetero) is 2. The average Bonchev–Trinajstić information content (AvgIpc) is 3.96. The van der Waals surface area contributed by atoms with E-state index in [2.05, 4.69) is 39.6 Å². The smallest absolute Gasteiger partial charge is 0.255 e. The number of carbonyl (C=O) groups is 4. The zero-order chi connectivity index (χ0) is 43.1. The molecule has 2 fully saturated rings. The molecule has 0 atom stereocenters. The molecule has 316 valence electrons. The molecule has 2 aliphatic rings. The van der Waals surface area contributed by atoms with Crippen LogP contribution in [0.5, 0.6) is 0 Å². The van der Waals surface area contributed by atoms with Crippen molar-refractivity contribution in [2.75, 3.05) is 32.8 Å². The molecule has 2 aliphatic heterocycles. The second-order valence-corrected chi connectivity index (χ2v) is 24.6. The highest BCUT2D eigenvalue weighted by Crippen LogP contribution is 2.29. The molecule has 8 rings (SSSR count). The zero-order valence-corrected chi connectivity index (χ0v) is 37.2. The molecule has 0 bridgehead atoms. The molecule has 2 amide bonds. The van der Waals surface area contributed by atoms with Crippen LogP contribution in [-0.2, 0) is 11.5 Å². The largest absolute Gasteiger partial charge is 0.361 e. The summed E-state index contributed by atoms with van der Waals surface area (Å²) in [6.07, 6.45) is 16.0. The van der Waals surface area contributed by atoms with E-state index in [-0.39, 0.29) is 23.4 Å². The standard InChI is InChI=1S/C25H35N5O3Si.C19H21N5O2/c1-25(2,3)22(31)19-16-30(17-33-12-13-34(4,5)6)23-21(19)27-20(14-26-23)29-11-8-18(15-29)24(32)28-9-7-10-28;1-19(2,3)16(25)13-9-20-17-15(13)22-14(10-21-17)24-8-5-12(11-24)18(26)23-6-4-7-23/h8,11,14-16H,7,9-10,12-13,17H2,1-6H3;5,8-11H,4,6-7H2,1-3H3,(H,20,21). The lowest BCUT2D eigenvalue weighted by Crippen LogP contribution is -2.41. The quantitative estimate of drug-likeness (QED) is 0.0794. The van der Waals surface area contributed by atoms with E-state index in [9.17, 15) is 19.2 Å². The summed E-state index contributed by atoms with van der Waals surface area (Å²) in [5.74, 6) is 1.22. The molecule has 16 heteroatoms. The molecule has 0 saturated carbocycles. The van der Waals surface area contributed by atoms with Gasteiger partial charge in [-0.3, -0.25) is 19.2 Å². The number of likely N-dealkylation sites (tertiary alicyclic amines) is 2. The zero-order valence-electron chi connectivity index (χ0n) is 36.2. The number of fused-ring (bicyclic) bond motifs is 2. The predicted octanol–water partition coefficient (Wildman–Crippen LogP) is 7.43. The van der Waals surface area contributed by atoms with E-state index < -0.39 is 18.9 Å². The molecular weight excluding hydrogens is 777 g/mol. The lowest BCUT2D eigenvalue weighted by atomic mass is 9.87. The number of rotatable bonds is 11. The second kappa shape index (κ2) is 16.4. The second-order valence-electron chi connectivity index (χ2n) is 19.0. The lowest BCUT2D eigenvalue weighted by Gasteiger charge is -2.30. The van der Waals surface area contributed by atoms with Crippen LogP contribution < -0.4 is 0 Å². The van der Waals surface area contributed by atoms with Crippen molar-refractivity contribution in [1.82, 2.24) is 48.4 Å². The van der Waals surface area contributed by atoms with Gasteiger partial charge in [0.2, 0.25) is 0 Å². The number of H-pyrrole nitrogens is 1. The van der Waals surface area contributed by atoms with E-state index >= 15 is 0 Å². The summed E-state index contributed by atoms with van der Waals surface area (Å²) < 4.78 is 11.3. The topological polar surface area (TPSA) is 166 Å². The molecular formula is C44H56N10O5Si. The number of aromatic amines is 1. The molecule has 0 unspecified atom stereocenters. The lowest BCUT2D eigenvalue weighted by molar-refractivity contribution is 0.0645. The van der Waals surface area contributed by atoms with E-state index in [0.717, 1.165) is 45.1 Å². The van der Waals surface area contributed by atoms with Gasteiger partial charge in [-0.05, 0) is 31.0 Å². The number of ketones is 2. The Balaban J connectivity index is 0.000000188. The van der Waals surface area contributed by atoms with Crippen molar-refractivity contribution in [3.05, 3.63) is 84.0 Å². The maximum absolute atomic E-state index is 13.2. The summed E-state index contributed by atoms with van der Waals surface area (Å²) in [5.41, 5.74) is 3.56. The van der Waals surface area contributed by atoms with Gasteiger partial charge in [0.15, 0.2) is 34.5 Å². The number of carbonyl (C=O) groups excluding carboxylic acids is 4. The molecule has 0 aromatic carbocycles. The molecule has 6 aromatic heterocycles. The first-order valence-electron chi connectivity index (χ1n) is 20.6. The molecule has 2 saturated heterocycles. The van der Waals surface area contributed by atoms with Gasteiger partial charge in [-0.25, -0.2) is 19.9 Å². The van der Waals surface area contributed by atoms with Crippen LogP contribution in [0.2, 0.25) is 25.7 Å². The van der Waals surface area contributed by atoms with E-state index in [1.165, 1.54) is 0 Å². The fourth-order valence-electron chi connectivity index (χ4n) is 6.70. The van der Waals surface area contributed by atoms with Crippen molar-refractivity contribution >= 4 is 53.8 Å². The Kier molecular flexibility index (Phi) is 11.6. The Bertz CT molecular complexity index is 2570. The van der Waals surface area contributed by atoms with Crippen LogP contribution in [0.1, 0.15) is 95.8 Å². The highest BCUT2D eigenvalue weighted by atomic mass is 28.3. The van der Waals surface area contributed by atoms with E-state index in [4.69, 9.17) is 9.72 Å². The van der Waals surface area contributed by atoms with Gasteiger partial charge >= 0.3 is 0 Å². The van der Waals surface area contributed by atoms with Crippen molar-refractivity contribution in [3.8, 4) is 11.6 Å². The van der Waals surface area contributed by atoms with Gasteiger partial charge in [0.25, 0.3) is 11.8 Å². The number of amides is 2. The molecule has 6 aromatic rings. The summed E-state index contributed by atoms with van der Waals surface area (Å²) in [4.78, 5) is 75.9. The molecule has 0 spiro atoms. The van der Waals surface area contributed by atoms with Crippen LogP contribution >= 0.6 is 0 Å².